The van der Waals surface area contributed by atoms with E-state index in [1.54, 1.807) is 16.9 Å². The van der Waals surface area contributed by atoms with Crippen molar-refractivity contribution in [2.45, 2.75) is 19.8 Å². The average molecular weight is 354 g/mol. The molecule has 0 spiro atoms. The topological polar surface area (TPSA) is 61.2 Å². The highest BCUT2D eigenvalue weighted by molar-refractivity contribution is 7.14. The van der Waals surface area contributed by atoms with Crippen molar-refractivity contribution in [1.82, 2.24) is 9.78 Å². The third-order valence-corrected chi connectivity index (χ3v) is 4.70. The summed E-state index contributed by atoms with van der Waals surface area (Å²) in [5.41, 5.74) is 1.91. The molecule has 0 unspecified atom stereocenters. The van der Waals surface area contributed by atoms with Gasteiger partial charge in [-0.05, 0) is 43.2 Å². The van der Waals surface area contributed by atoms with Crippen LogP contribution in [0.2, 0.25) is 0 Å². The molecule has 2 aromatic heterocycles. The molecule has 0 atom stereocenters. The van der Waals surface area contributed by atoms with Gasteiger partial charge in [-0.2, -0.15) is 5.10 Å². The zero-order chi connectivity index (χ0) is 17.6. The van der Waals surface area contributed by atoms with E-state index < -0.39 is 0 Å². The van der Waals surface area contributed by atoms with Gasteiger partial charge in [0.1, 0.15) is 0 Å². The Balaban J connectivity index is 1.46. The predicted octanol–water partition coefficient (Wildman–Crippen LogP) is 3.60. The number of esters is 1. The van der Waals surface area contributed by atoms with Gasteiger partial charge in [0, 0.05) is 17.5 Å². The number of ether oxygens (including phenoxy) is 1. The Hall–Kier alpha value is -2.73. The van der Waals surface area contributed by atoms with Crippen LogP contribution in [0.5, 0.6) is 0 Å². The molecule has 5 nitrogen and oxygen atoms in total. The second-order valence-corrected chi connectivity index (χ2v) is 6.91. The second kappa shape index (κ2) is 7.90. The van der Waals surface area contributed by atoms with E-state index in [0.717, 1.165) is 16.1 Å². The van der Waals surface area contributed by atoms with Crippen molar-refractivity contribution in [2.75, 3.05) is 6.61 Å². The standard InChI is InChI=1S/C19H18N2O3S/c1-14-7-9-18(25-14)17(22)13-24-19(23)10-8-15-11-20-21(12-15)16-5-3-2-4-6-16/h2-7,9,11-12H,8,10,13H2,1H3. The molecule has 0 aliphatic rings. The molecule has 3 aromatic rings. The zero-order valence-electron chi connectivity index (χ0n) is 13.8. The lowest BCUT2D eigenvalue weighted by molar-refractivity contribution is -0.142. The largest absolute Gasteiger partial charge is 0.457 e. The molecule has 2 heterocycles. The van der Waals surface area contributed by atoms with Crippen molar-refractivity contribution in [3.63, 3.8) is 0 Å². The Morgan fingerprint density at radius 2 is 1.96 bits per heavy atom. The molecule has 0 saturated heterocycles. The van der Waals surface area contributed by atoms with E-state index in [-0.39, 0.29) is 24.8 Å². The van der Waals surface area contributed by atoms with E-state index >= 15 is 0 Å². The number of rotatable bonds is 7. The molecule has 0 fully saturated rings. The van der Waals surface area contributed by atoms with Gasteiger partial charge in [0.05, 0.1) is 16.8 Å². The van der Waals surface area contributed by atoms with Crippen LogP contribution in [0.3, 0.4) is 0 Å². The van der Waals surface area contributed by atoms with Crippen LogP contribution < -0.4 is 0 Å². The van der Waals surface area contributed by atoms with Gasteiger partial charge in [0.25, 0.3) is 0 Å². The van der Waals surface area contributed by atoms with Crippen LogP contribution in [-0.4, -0.2) is 28.1 Å². The van der Waals surface area contributed by atoms with Crippen LogP contribution in [0.1, 0.15) is 26.5 Å². The van der Waals surface area contributed by atoms with Gasteiger partial charge >= 0.3 is 5.97 Å². The normalized spacial score (nSPS) is 10.6. The maximum absolute atomic E-state index is 11.9. The van der Waals surface area contributed by atoms with Crippen molar-refractivity contribution >= 4 is 23.1 Å². The smallest absolute Gasteiger partial charge is 0.306 e. The molecule has 6 heteroatoms. The molecule has 128 valence electrons. The van der Waals surface area contributed by atoms with E-state index in [2.05, 4.69) is 5.10 Å². The van der Waals surface area contributed by atoms with Crippen LogP contribution >= 0.6 is 11.3 Å². The Bertz CT molecular complexity index is 868. The van der Waals surface area contributed by atoms with E-state index in [1.807, 2.05) is 49.5 Å². The van der Waals surface area contributed by atoms with Crippen molar-refractivity contribution in [3.05, 3.63) is 70.2 Å². The highest BCUT2D eigenvalue weighted by Crippen LogP contribution is 2.16. The van der Waals surface area contributed by atoms with Crippen molar-refractivity contribution < 1.29 is 14.3 Å². The third kappa shape index (κ3) is 4.64. The van der Waals surface area contributed by atoms with Crippen molar-refractivity contribution in [1.29, 1.82) is 0 Å². The number of hydrogen-bond acceptors (Lipinski definition) is 5. The second-order valence-electron chi connectivity index (χ2n) is 5.62. The number of carbonyl (C=O) groups is 2. The number of aryl methyl sites for hydroxylation is 2. The van der Waals surface area contributed by atoms with Gasteiger partial charge in [0.2, 0.25) is 5.78 Å². The first kappa shape index (κ1) is 17.1. The summed E-state index contributed by atoms with van der Waals surface area (Å²) in [5, 5.41) is 4.29. The Labute approximate surface area is 149 Å². The highest BCUT2D eigenvalue weighted by Gasteiger charge is 2.12. The number of Topliss-reactive ketones (excluding diaryl/α,β-unsaturated/α-hetero) is 1. The summed E-state index contributed by atoms with van der Waals surface area (Å²) in [4.78, 5) is 25.4. The zero-order valence-corrected chi connectivity index (χ0v) is 14.7. The molecule has 0 N–H and O–H groups in total. The minimum absolute atomic E-state index is 0.164. The Kier molecular flexibility index (Phi) is 5.40. The molecule has 0 aliphatic heterocycles. The molecular formula is C19H18N2O3S. The number of carbonyl (C=O) groups excluding carboxylic acids is 2. The summed E-state index contributed by atoms with van der Waals surface area (Å²) in [6, 6.07) is 13.4. The fourth-order valence-electron chi connectivity index (χ4n) is 2.33. The minimum atomic E-state index is -0.380. The summed E-state index contributed by atoms with van der Waals surface area (Å²) < 4.78 is 6.84. The summed E-state index contributed by atoms with van der Waals surface area (Å²) >= 11 is 1.41. The van der Waals surface area contributed by atoms with Crippen LogP contribution in [0.25, 0.3) is 5.69 Å². The fraction of sp³-hybridized carbons (Fsp3) is 0.211. The Morgan fingerprint density at radius 3 is 2.68 bits per heavy atom. The maximum Gasteiger partial charge on any atom is 0.306 e. The molecule has 3 rings (SSSR count). The van der Waals surface area contributed by atoms with Gasteiger partial charge in [-0.1, -0.05) is 18.2 Å². The quantitative estimate of drug-likeness (QED) is 0.480. The molecule has 1 aromatic carbocycles. The van der Waals surface area contributed by atoms with Crippen LogP contribution in [0, 0.1) is 6.92 Å². The average Bonchev–Trinajstić information content (AvgIpc) is 3.28. The van der Waals surface area contributed by atoms with Crippen LogP contribution in [0.15, 0.2) is 54.9 Å². The summed E-state index contributed by atoms with van der Waals surface area (Å²) in [7, 11) is 0. The number of hydrogen-bond donors (Lipinski definition) is 0. The number of para-hydroxylation sites is 1. The van der Waals surface area contributed by atoms with Gasteiger partial charge in [0.15, 0.2) is 6.61 Å². The van der Waals surface area contributed by atoms with Crippen molar-refractivity contribution in [3.8, 4) is 5.69 Å². The van der Waals surface area contributed by atoms with Crippen molar-refractivity contribution in [2.24, 2.45) is 0 Å². The van der Waals surface area contributed by atoms with E-state index in [4.69, 9.17) is 4.74 Å². The lowest BCUT2D eigenvalue weighted by Gasteiger charge is -2.02. The SMILES string of the molecule is Cc1ccc(C(=O)COC(=O)CCc2cnn(-c3ccccc3)c2)s1. The van der Waals surface area contributed by atoms with Gasteiger partial charge < -0.3 is 4.74 Å². The molecule has 0 aliphatic carbocycles. The van der Waals surface area contributed by atoms with E-state index in [9.17, 15) is 9.59 Å². The predicted molar refractivity (Wildman–Crippen MR) is 96.2 cm³/mol. The first-order chi connectivity index (χ1) is 12.1. The number of nitrogens with zero attached hydrogens (tertiary/aromatic N) is 2. The Morgan fingerprint density at radius 1 is 1.16 bits per heavy atom. The maximum atomic E-state index is 11.9. The summed E-state index contributed by atoms with van der Waals surface area (Å²) in [6.07, 6.45) is 4.37. The molecule has 0 saturated carbocycles. The summed E-state index contributed by atoms with van der Waals surface area (Å²) in [5.74, 6) is -0.544. The molecule has 0 amide bonds. The minimum Gasteiger partial charge on any atom is -0.457 e. The molecule has 25 heavy (non-hydrogen) atoms. The highest BCUT2D eigenvalue weighted by atomic mass is 32.1. The van der Waals surface area contributed by atoms with Gasteiger partial charge in [-0.3, -0.25) is 9.59 Å². The van der Waals surface area contributed by atoms with Gasteiger partial charge in [-0.15, -0.1) is 11.3 Å². The number of ketones is 1. The lowest BCUT2D eigenvalue weighted by atomic mass is 10.2. The van der Waals surface area contributed by atoms with E-state index in [1.165, 1.54) is 11.3 Å². The molecule has 0 bridgehead atoms. The number of thiophene rings is 1. The third-order valence-electron chi connectivity index (χ3n) is 3.65. The monoisotopic (exact) mass is 354 g/mol. The van der Waals surface area contributed by atoms with Gasteiger partial charge in [-0.25, -0.2) is 4.68 Å². The first-order valence-corrected chi connectivity index (χ1v) is 8.78. The number of aromatic nitrogens is 2. The fourth-order valence-corrected chi connectivity index (χ4v) is 3.12. The molecule has 0 radical (unpaired) electrons. The number of benzene rings is 1. The van der Waals surface area contributed by atoms with Crippen LogP contribution in [0.4, 0.5) is 0 Å². The lowest BCUT2D eigenvalue weighted by Crippen LogP contribution is -2.13. The van der Waals surface area contributed by atoms with E-state index in [0.29, 0.717) is 11.3 Å². The summed E-state index contributed by atoms with van der Waals surface area (Å²) in [6.45, 7) is 1.73. The first-order valence-electron chi connectivity index (χ1n) is 7.96. The molecular weight excluding hydrogens is 336 g/mol. The van der Waals surface area contributed by atoms with Crippen LogP contribution in [-0.2, 0) is 16.0 Å².